The van der Waals surface area contributed by atoms with Gasteiger partial charge in [0.25, 0.3) is 0 Å². The van der Waals surface area contributed by atoms with Crippen LogP contribution in [0.15, 0.2) is 12.1 Å². The molecule has 0 aliphatic heterocycles. The normalized spacial score (nSPS) is 22.2. The number of benzene rings is 1. The van der Waals surface area contributed by atoms with Crippen LogP contribution in [-0.4, -0.2) is 37.9 Å². The van der Waals surface area contributed by atoms with Gasteiger partial charge in [-0.05, 0) is 57.9 Å². The number of nitrogen functional groups attached to an aromatic ring is 1. The molecule has 9 heteroatoms. The van der Waals surface area contributed by atoms with Crippen LogP contribution >= 0.6 is 0 Å². The lowest BCUT2D eigenvalue weighted by molar-refractivity contribution is 0.146. The third kappa shape index (κ3) is 6.65. The van der Waals surface area contributed by atoms with Crippen molar-refractivity contribution in [2.45, 2.75) is 63.6 Å². The van der Waals surface area contributed by atoms with Crippen molar-refractivity contribution in [2.24, 2.45) is 5.92 Å². The van der Waals surface area contributed by atoms with Gasteiger partial charge in [-0.1, -0.05) is 6.07 Å². The van der Waals surface area contributed by atoms with Crippen LogP contribution in [0.1, 0.15) is 57.6 Å². The fourth-order valence-electron chi connectivity index (χ4n) is 3.91. The minimum absolute atomic E-state index is 0.00365. The molecular formula is C19H31F2N3O3S. The zero-order valence-electron chi connectivity index (χ0n) is 16.6. The van der Waals surface area contributed by atoms with Gasteiger partial charge in [-0.2, -0.15) is 0 Å². The van der Waals surface area contributed by atoms with E-state index in [2.05, 4.69) is 10.0 Å². The predicted octanol–water partition coefficient (Wildman–Crippen LogP) is 2.45. The summed E-state index contributed by atoms with van der Waals surface area (Å²) in [6, 6.07) is 2.25. The zero-order valence-corrected chi connectivity index (χ0v) is 17.5. The third-order valence-electron chi connectivity index (χ3n) is 5.32. The van der Waals surface area contributed by atoms with Crippen molar-refractivity contribution in [2.75, 3.05) is 18.5 Å². The molecule has 0 saturated heterocycles. The van der Waals surface area contributed by atoms with Gasteiger partial charge < -0.3 is 16.2 Å². The van der Waals surface area contributed by atoms with Gasteiger partial charge in [0.2, 0.25) is 10.0 Å². The van der Waals surface area contributed by atoms with Gasteiger partial charge in [-0.15, -0.1) is 0 Å². The average molecular weight is 420 g/mol. The summed E-state index contributed by atoms with van der Waals surface area (Å²) in [5.41, 5.74) is 4.43. The maximum atomic E-state index is 14.1. The van der Waals surface area contributed by atoms with Crippen LogP contribution in [0.4, 0.5) is 14.5 Å². The SMILES string of the molecule is CC(C)(C[C@H]1CC[C@H](NS(C)(=O)=O)CC1)NC[C@H](O)c1ccc(F)c(N)c1F. The van der Waals surface area contributed by atoms with Gasteiger partial charge in [0.15, 0.2) is 5.82 Å². The zero-order chi connectivity index (χ0) is 21.1. The summed E-state index contributed by atoms with van der Waals surface area (Å²) in [6.07, 6.45) is 4.33. The molecule has 0 aromatic heterocycles. The maximum absolute atomic E-state index is 14.1. The first-order valence-electron chi connectivity index (χ1n) is 9.52. The summed E-state index contributed by atoms with van der Waals surface area (Å²) in [5, 5.41) is 13.5. The van der Waals surface area contributed by atoms with E-state index in [4.69, 9.17) is 5.73 Å². The molecule has 160 valence electrons. The number of sulfonamides is 1. The Hall–Kier alpha value is -1.29. The molecule has 2 rings (SSSR count). The van der Waals surface area contributed by atoms with E-state index in [1.54, 1.807) is 0 Å². The fourth-order valence-corrected chi connectivity index (χ4v) is 4.75. The van der Waals surface area contributed by atoms with Gasteiger partial charge in [0.05, 0.1) is 12.4 Å². The van der Waals surface area contributed by atoms with Gasteiger partial charge in [0.1, 0.15) is 11.5 Å². The number of β-amino-alcohol motifs (C(OH)–C–C–N with tert-alkyl or cyclic N) is 1. The lowest BCUT2D eigenvalue weighted by atomic mass is 9.79. The monoisotopic (exact) mass is 419 g/mol. The Morgan fingerprint density at radius 3 is 2.43 bits per heavy atom. The average Bonchev–Trinajstić information content (AvgIpc) is 2.58. The van der Waals surface area contributed by atoms with Crippen LogP contribution in [0.25, 0.3) is 0 Å². The molecule has 1 aliphatic rings. The Morgan fingerprint density at radius 2 is 1.86 bits per heavy atom. The lowest BCUT2D eigenvalue weighted by Crippen LogP contribution is -2.44. The minimum atomic E-state index is -3.18. The first-order valence-corrected chi connectivity index (χ1v) is 11.4. The Labute approximate surface area is 165 Å². The summed E-state index contributed by atoms with van der Waals surface area (Å²) in [7, 11) is -3.18. The van der Waals surface area contributed by atoms with Crippen molar-refractivity contribution in [1.82, 2.24) is 10.0 Å². The van der Waals surface area contributed by atoms with Crippen LogP contribution in [0.3, 0.4) is 0 Å². The second kappa shape index (κ2) is 9.02. The highest BCUT2D eigenvalue weighted by molar-refractivity contribution is 7.88. The molecule has 1 aromatic rings. The molecule has 1 atom stereocenters. The summed E-state index contributed by atoms with van der Waals surface area (Å²) >= 11 is 0. The highest BCUT2D eigenvalue weighted by Gasteiger charge is 2.29. The predicted molar refractivity (Wildman–Crippen MR) is 106 cm³/mol. The Bertz CT molecular complexity index is 779. The molecule has 0 amide bonds. The van der Waals surface area contributed by atoms with E-state index < -0.39 is 33.4 Å². The number of hydrogen-bond donors (Lipinski definition) is 4. The largest absolute Gasteiger partial charge is 0.394 e. The van der Waals surface area contributed by atoms with E-state index in [-0.39, 0.29) is 23.7 Å². The van der Waals surface area contributed by atoms with Crippen LogP contribution in [-0.2, 0) is 10.0 Å². The summed E-state index contributed by atoms with van der Waals surface area (Å²) < 4.78 is 52.7. The lowest BCUT2D eigenvalue weighted by Gasteiger charge is -2.35. The number of nitrogens with two attached hydrogens (primary N) is 1. The van der Waals surface area contributed by atoms with E-state index in [0.29, 0.717) is 5.92 Å². The van der Waals surface area contributed by atoms with Gasteiger partial charge in [-0.25, -0.2) is 21.9 Å². The summed E-state index contributed by atoms with van der Waals surface area (Å²) in [6.45, 7) is 4.13. The van der Waals surface area contributed by atoms with Gasteiger partial charge in [0, 0.05) is 23.7 Å². The number of halogens is 2. The first kappa shape index (κ1) is 23.0. The van der Waals surface area contributed by atoms with E-state index in [1.165, 1.54) is 12.3 Å². The van der Waals surface area contributed by atoms with Crippen molar-refractivity contribution in [3.05, 3.63) is 29.3 Å². The Balaban J connectivity index is 1.85. The quantitative estimate of drug-likeness (QED) is 0.485. The van der Waals surface area contributed by atoms with Crippen LogP contribution in [0.5, 0.6) is 0 Å². The second-order valence-corrected chi connectivity index (χ2v) is 10.2. The van der Waals surface area contributed by atoms with Crippen LogP contribution in [0.2, 0.25) is 0 Å². The van der Waals surface area contributed by atoms with Crippen LogP contribution in [0, 0.1) is 17.6 Å². The standard InChI is InChI=1S/C19H31F2N3O3S/c1-19(2,10-12-4-6-13(7-5-12)24-28(3,26)27)23-11-16(25)14-8-9-15(20)18(22)17(14)21/h8-9,12-13,16,23-25H,4-7,10-11,22H2,1-3H3/t12-,13-,16-/m0/s1. The van der Waals surface area contributed by atoms with Crippen molar-refractivity contribution in [3.63, 3.8) is 0 Å². The van der Waals surface area contributed by atoms with E-state index in [9.17, 15) is 22.3 Å². The number of aliphatic hydroxyl groups is 1. The fraction of sp³-hybridized carbons (Fsp3) is 0.684. The topological polar surface area (TPSA) is 104 Å². The molecule has 0 heterocycles. The van der Waals surface area contributed by atoms with Crippen molar-refractivity contribution < 1.29 is 22.3 Å². The highest BCUT2D eigenvalue weighted by Crippen LogP contribution is 2.31. The molecule has 28 heavy (non-hydrogen) atoms. The molecule has 6 nitrogen and oxygen atoms in total. The van der Waals surface area contributed by atoms with Crippen molar-refractivity contribution in [1.29, 1.82) is 0 Å². The number of hydrogen-bond acceptors (Lipinski definition) is 5. The molecule has 1 aliphatic carbocycles. The molecule has 1 saturated carbocycles. The van der Waals surface area contributed by atoms with Crippen molar-refractivity contribution >= 4 is 15.7 Å². The number of aliphatic hydroxyl groups excluding tert-OH is 1. The summed E-state index contributed by atoms with van der Waals surface area (Å²) in [4.78, 5) is 0. The minimum Gasteiger partial charge on any atom is -0.394 e. The number of anilines is 1. The molecule has 0 bridgehead atoms. The maximum Gasteiger partial charge on any atom is 0.208 e. The molecule has 0 spiro atoms. The first-order chi connectivity index (χ1) is 12.9. The number of nitrogens with one attached hydrogen (secondary N) is 2. The van der Waals surface area contributed by atoms with Crippen LogP contribution < -0.4 is 15.8 Å². The molecule has 1 fully saturated rings. The smallest absolute Gasteiger partial charge is 0.208 e. The second-order valence-electron chi connectivity index (χ2n) is 8.46. The highest BCUT2D eigenvalue weighted by atomic mass is 32.2. The van der Waals surface area contributed by atoms with E-state index in [0.717, 1.165) is 38.2 Å². The third-order valence-corrected chi connectivity index (χ3v) is 6.08. The van der Waals surface area contributed by atoms with E-state index >= 15 is 0 Å². The molecular weight excluding hydrogens is 388 g/mol. The molecule has 1 aromatic carbocycles. The van der Waals surface area contributed by atoms with Gasteiger partial charge >= 0.3 is 0 Å². The number of rotatable bonds is 8. The Morgan fingerprint density at radius 1 is 1.25 bits per heavy atom. The molecule has 0 unspecified atom stereocenters. The van der Waals surface area contributed by atoms with E-state index in [1.807, 2.05) is 13.8 Å². The summed E-state index contributed by atoms with van der Waals surface area (Å²) in [5.74, 6) is -1.33. The molecule has 5 N–H and O–H groups in total. The Kier molecular flexibility index (Phi) is 7.41. The van der Waals surface area contributed by atoms with Crippen molar-refractivity contribution in [3.8, 4) is 0 Å². The van der Waals surface area contributed by atoms with Gasteiger partial charge in [-0.3, -0.25) is 0 Å². The molecule has 0 radical (unpaired) electrons.